The van der Waals surface area contributed by atoms with Crippen LogP contribution in [-0.4, -0.2) is 0 Å². The van der Waals surface area contributed by atoms with Gasteiger partial charge in [0, 0.05) is 27.3 Å². The van der Waals surface area contributed by atoms with Gasteiger partial charge in [0.15, 0.2) is 0 Å². The van der Waals surface area contributed by atoms with Crippen molar-refractivity contribution in [3.63, 3.8) is 0 Å². The molecule has 8 aromatic carbocycles. The van der Waals surface area contributed by atoms with Gasteiger partial charge in [-0.2, -0.15) is 0 Å². The van der Waals surface area contributed by atoms with Crippen LogP contribution < -0.4 is 0 Å². The van der Waals surface area contributed by atoms with Crippen molar-refractivity contribution in [1.29, 1.82) is 0 Å². The summed E-state index contributed by atoms with van der Waals surface area (Å²) in [5.41, 5.74) is 8.58. The summed E-state index contributed by atoms with van der Waals surface area (Å²) in [6, 6.07) is 56.1. The summed E-state index contributed by atoms with van der Waals surface area (Å²) >= 11 is 0. The zero-order valence-electron chi connectivity index (χ0n) is 26.8. The van der Waals surface area contributed by atoms with Crippen molar-refractivity contribution in [2.45, 2.75) is 13.8 Å². The number of fused-ring (bicyclic) bond motifs is 7. The molecule has 0 spiro atoms. The van der Waals surface area contributed by atoms with E-state index in [0.29, 0.717) is 0 Å². The molecule has 2 heteroatoms. The molecule has 10 rings (SSSR count). The van der Waals surface area contributed by atoms with Gasteiger partial charge in [-0.15, -0.1) is 0 Å². The van der Waals surface area contributed by atoms with Crippen molar-refractivity contribution in [3.05, 3.63) is 158 Å². The van der Waals surface area contributed by atoms with Gasteiger partial charge in [0.25, 0.3) is 0 Å². The molecule has 0 saturated carbocycles. The molecule has 0 amide bonds. The van der Waals surface area contributed by atoms with E-state index in [2.05, 4.69) is 133 Å². The maximum Gasteiger partial charge on any atom is 0.143 e. The Hall–Kier alpha value is -6.12. The van der Waals surface area contributed by atoms with Crippen molar-refractivity contribution in [2.75, 3.05) is 0 Å². The summed E-state index contributed by atoms with van der Waals surface area (Å²) in [6.45, 7) is 4.00. The van der Waals surface area contributed by atoms with Crippen LogP contribution in [0.25, 0.3) is 98.8 Å². The lowest BCUT2D eigenvalue weighted by Gasteiger charge is -2.17. The van der Waals surface area contributed by atoms with Crippen molar-refractivity contribution >= 4 is 65.2 Å². The molecule has 228 valence electrons. The van der Waals surface area contributed by atoms with Gasteiger partial charge in [-0.05, 0) is 79.3 Å². The van der Waals surface area contributed by atoms with E-state index in [1.165, 1.54) is 43.4 Å². The average Bonchev–Trinajstić information content (AvgIpc) is 3.76. The Balaban J connectivity index is 0.00000154. The second-order valence-corrected chi connectivity index (χ2v) is 12.0. The molecular weight excluding hydrogens is 585 g/mol. The quantitative estimate of drug-likeness (QED) is 0.185. The van der Waals surface area contributed by atoms with Crippen LogP contribution in [0.15, 0.2) is 167 Å². The maximum absolute atomic E-state index is 6.46. The predicted octanol–water partition coefficient (Wildman–Crippen LogP) is 13.8. The minimum absolute atomic E-state index is 0.894. The standard InChI is InChI=1S/C44H26O2.C2H6/c1-7-18-39-30(10-1)26-41(45-39)43-36-14-4-2-12-34(36)42(35-13-3-5-15-37(35)43)31-23-21-27-24-29(22-20-28(27)25-31)32-16-9-17-38-33-11-6-8-19-40(33)46-44(32)38;1-2/h1-26H;1-2H3. The van der Waals surface area contributed by atoms with Crippen LogP contribution >= 0.6 is 0 Å². The van der Waals surface area contributed by atoms with Gasteiger partial charge >= 0.3 is 0 Å². The van der Waals surface area contributed by atoms with Crippen molar-refractivity contribution in [2.24, 2.45) is 0 Å². The summed E-state index contributed by atoms with van der Waals surface area (Å²) in [7, 11) is 0. The van der Waals surface area contributed by atoms with E-state index >= 15 is 0 Å². The highest BCUT2D eigenvalue weighted by molar-refractivity contribution is 6.21. The summed E-state index contributed by atoms with van der Waals surface area (Å²) in [4.78, 5) is 0. The highest BCUT2D eigenvalue weighted by Crippen LogP contribution is 2.45. The second-order valence-electron chi connectivity index (χ2n) is 12.0. The molecule has 0 bridgehead atoms. The van der Waals surface area contributed by atoms with Crippen molar-refractivity contribution in [1.82, 2.24) is 0 Å². The Morgan fingerprint density at radius 3 is 1.58 bits per heavy atom. The lowest BCUT2D eigenvalue weighted by atomic mass is 9.87. The molecule has 0 aliphatic carbocycles. The van der Waals surface area contributed by atoms with Crippen molar-refractivity contribution in [3.8, 4) is 33.6 Å². The number of hydrogen-bond donors (Lipinski definition) is 0. The van der Waals surface area contributed by atoms with Crippen LogP contribution in [0.5, 0.6) is 0 Å². The summed E-state index contributed by atoms with van der Waals surface area (Å²) in [6.07, 6.45) is 0. The highest BCUT2D eigenvalue weighted by atomic mass is 16.3. The lowest BCUT2D eigenvalue weighted by molar-refractivity contribution is 0.633. The first-order valence-electron chi connectivity index (χ1n) is 16.7. The Labute approximate surface area is 278 Å². The molecule has 0 radical (unpaired) electrons. The van der Waals surface area contributed by atoms with Gasteiger partial charge in [-0.25, -0.2) is 0 Å². The first-order chi connectivity index (χ1) is 23.8. The molecule has 0 unspecified atom stereocenters. The fourth-order valence-electron chi connectivity index (χ4n) is 7.35. The largest absolute Gasteiger partial charge is 0.456 e. The lowest BCUT2D eigenvalue weighted by Crippen LogP contribution is -1.90. The van der Waals surface area contributed by atoms with Gasteiger partial charge in [-0.3, -0.25) is 0 Å². The monoisotopic (exact) mass is 616 g/mol. The fraction of sp³-hybridized carbons (Fsp3) is 0.0435. The molecule has 0 atom stereocenters. The minimum atomic E-state index is 0.894. The molecule has 0 saturated heterocycles. The van der Waals surface area contributed by atoms with Crippen LogP contribution in [-0.2, 0) is 0 Å². The maximum atomic E-state index is 6.46. The molecule has 10 aromatic rings. The normalized spacial score (nSPS) is 11.5. The van der Waals surface area contributed by atoms with E-state index in [1.54, 1.807) is 0 Å². The minimum Gasteiger partial charge on any atom is -0.456 e. The first kappa shape index (κ1) is 28.1. The summed E-state index contributed by atoms with van der Waals surface area (Å²) < 4.78 is 12.8. The van der Waals surface area contributed by atoms with Gasteiger partial charge in [-0.1, -0.05) is 141 Å². The third-order valence-electron chi connectivity index (χ3n) is 9.45. The molecule has 2 aromatic heterocycles. The molecule has 2 heterocycles. The Bertz CT molecular complexity index is 2720. The summed E-state index contributed by atoms with van der Waals surface area (Å²) in [5, 5.41) is 10.6. The Morgan fingerprint density at radius 1 is 0.354 bits per heavy atom. The van der Waals surface area contributed by atoms with Gasteiger partial charge in [0.1, 0.15) is 22.5 Å². The van der Waals surface area contributed by atoms with E-state index in [1.807, 2.05) is 38.1 Å². The second kappa shape index (κ2) is 11.3. The van der Waals surface area contributed by atoms with Crippen molar-refractivity contribution < 1.29 is 8.83 Å². The topological polar surface area (TPSA) is 26.3 Å². The van der Waals surface area contributed by atoms with E-state index < -0.39 is 0 Å². The first-order valence-corrected chi connectivity index (χ1v) is 16.7. The summed E-state index contributed by atoms with van der Waals surface area (Å²) in [5.74, 6) is 0.894. The van der Waals surface area contributed by atoms with Gasteiger partial charge < -0.3 is 8.83 Å². The van der Waals surface area contributed by atoms with Crippen LogP contribution in [0.1, 0.15) is 13.8 Å². The third-order valence-corrected chi connectivity index (χ3v) is 9.45. The zero-order valence-corrected chi connectivity index (χ0v) is 26.8. The molecule has 2 nitrogen and oxygen atoms in total. The average molecular weight is 617 g/mol. The van der Waals surface area contributed by atoms with E-state index in [-0.39, 0.29) is 0 Å². The van der Waals surface area contributed by atoms with Crippen LogP contribution in [0.3, 0.4) is 0 Å². The fourth-order valence-corrected chi connectivity index (χ4v) is 7.35. The van der Waals surface area contributed by atoms with E-state index in [4.69, 9.17) is 8.83 Å². The molecule has 0 N–H and O–H groups in total. The predicted molar refractivity (Wildman–Crippen MR) is 204 cm³/mol. The molecule has 0 aliphatic heterocycles. The molecule has 0 fully saturated rings. The van der Waals surface area contributed by atoms with Crippen LogP contribution in [0.2, 0.25) is 0 Å². The van der Waals surface area contributed by atoms with Crippen LogP contribution in [0.4, 0.5) is 0 Å². The number of hydrogen-bond acceptors (Lipinski definition) is 2. The molecular formula is C46H32O2. The molecule has 0 aliphatic rings. The van der Waals surface area contributed by atoms with Gasteiger partial charge in [0.2, 0.25) is 0 Å². The van der Waals surface area contributed by atoms with Crippen LogP contribution in [0, 0.1) is 0 Å². The number of furan rings is 2. The molecule has 48 heavy (non-hydrogen) atoms. The number of para-hydroxylation sites is 3. The van der Waals surface area contributed by atoms with E-state index in [9.17, 15) is 0 Å². The van der Waals surface area contributed by atoms with E-state index in [0.717, 1.165) is 55.4 Å². The van der Waals surface area contributed by atoms with Gasteiger partial charge in [0.05, 0.1) is 0 Å². The number of benzene rings is 8. The number of rotatable bonds is 3. The third kappa shape index (κ3) is 4.34. The smallest absolute Gasteiger partial charge is 0.143 e. The highest BCUT2D eigenvalue weighted by Gasteiger charge is 2.19. The Morgan fingerprint density at radius 2 is 0.896 bits per heavy atom. The zero-order chi connectivity index (χ0) is 32.2. The SMILES string of the molecule is CC.c1ccc2oc(-c3c4ccccc4c(-c4ccc5cc(-c6cccc7c6oc6ccccc67)ccc5c4)c4ccccc34)cc2c1. The Kier molecular flexibility index (Phi) is 6.62.